The Morgan fingerprint density at radius 3 is 2.86 bits per heavy atom. The van der Waals surface area contributed by atoms with Crippen LogP contribution in [0.1, 0.15) is 0 Å². The lowest BCUT2D eigenvalue weighted by molar-refractivity contribution is 1.61. The minimum atomic E-state index is 0.799. The minimum absolute atomic E-state index is 0.799. The first kappa shape index (κ1) is 4.76. The van der Waals surface area contributed by atoms with E-state index in [2.05, 4.69) is 18.4 Å². The van der Waals surface area contributed by atoms with Crippen LogP contribution in [0, 0.1) is 0 Å². The maximum atomic E-state index is 4.04. The number of hydrogen-bond acceptors (Lipinski definition) is 1. The van der Waals surface area contributed by atoms with E-state index < -0.39 is 0 Å². The highest BCUT2D eigenvalue weighted by Crippen LogP contribution is 2.01. The summed E-state index contributed by atoms with van der Waals surface area (Å²) >= 11 is 4.04. The zero-order valence-corrected chi connectivity index (χ0v) is 4.78. The number of thiol groups is 1. The lowest BCUT2D eigenvalue weighted by Crippen LogP contribution is -1.69. The van der Waals surface area contributed by atoms with E-state index in [4.69, 9.17) is 0 Å². The first-order valence-corrected chi connectivity index (χ1v) is 2.80. The van der Waals surface area contributed by atoms with E-state index in [-0.39, 0.29) is 0 Å². The fourth-order valence-electron chi connectivity index (χ4n) is 0.466. The molecule has 1 heteroatoms. The van der Waals surface area contributed by atoms with Crippen LogP contribution in [0.3, 0.4) is 0 Å². The normalized spacial score (nSPS) is 15.3. The van der Waals surface area contributed by atoms with Crippen LogP contribution in [-0.2, 0) is 0 Å². The topological polar surface area (TPSA) is 0 Å². The van der Waals surface area contributed by atoms with Gasteiger partial charge in [0.1, 0.15) is 0 Å². The maximum absolute atomic E-state index is 4.04. The Hall–Kier alpha value is -0.390. The molecule has 1 rings (SSSR count). The molecule has 0 amide bonds. The van der Waals surface area contributed by atoms with Gasteiger partial charge in [0.25, 0.3) is 0 Å². The fraction of sp³-hybridized carbons (Fsp3) is 0.167. The highest BCUT2D eigenvalue weighted by molar-refractivity contribution is 7.80. The van der Waals surface area contributed by atoms with Gasteiger partial charge in [0.05, 0.1) is 0 Å². The van der Waals surface area contributed by atoms with Gasteiger partial charge >= 0.3 is 0 Å². The summed E-state index contributed by atoms with van der Waals surface area (Å²) in [5.41, 5.74) is 4.18. The molecule has 0 saturated heterocycles. The Kier molecular flexibility index (Phi) is 1.40. The van der Waals surface area contributed by atoms with E-state index in [0.29, 0.717) is 0 Å². The predicted octanol–water partition coefficient (Wildman–Crippen LogP) is 1.57. The third-order valence-electron chi connectivity index (χ3n) is 0.833. The van der Waals surface area contributed by atoms with Crippen molar-refractivity contribution in [1.82, 2.24) is 0 Å². The average Bonchev–Trinajstić information content (AvgIpc) is 2.14. The lowest BCUT2D eigenvalue weighted by Gasteiger charge is -1.80. The van der Waals surface area contributed by atoms with Crippen LogP contribution in [0.15, 0.2) is 29.5 Å². The zero-order chi connectivity index (χ0) is 5.11. The molecule has 0 atom stereocenters. The summed E-state index contributed by atoms with van der Waals surface area (Å²) in [7, 11) is 0. The molecule has 1 aliphatic rings. The Morgan fingerprint density at radius 2 is 2.57 bits per heavy atom. The highest BCUT2D eigenvalue weighted by Gasteiger charge is 1.85. The molecule has 1 aliphatic carbocycles. The van der Waals surface area contributed by atoms with Crippen LogP contribution >= 0.6 is 12.6 Å². The summed E-state index contributed by atoms with van der Waals surface area (Å²) in [6.07, 6.45) is 5.87. The molecule has 0 fully saturated rings. The monoisotopic (exact) mass is 110 g/mol. The second-order valence-corrected chi connectivity index (χ2v) is 1.67. The van der Waals surface area contributed by atoms with Crippen molar-refractivity contribution in [2.24, 2.45) is 0 Å². The molecular weight excluding hydrogens is 104 g/mol. The predicted molar refractivity (Wildman–Crippen MR) is 34.6 cm³/mol. The van der Waals surface area contributed by atoms with Gasteiger partial charge in [-0.25, -0.2) is 0 Å². The van der Waals surface area contributed by atoms with Crippen molar-refractivity contribution in [3.8, 4) is 0 Å². The van der Waals surface area contributed by atoms with Gasteiger partial charge in [-0.2, -0.15) is 12.6 Å². The Bertz CT molecular complexity index is 148. The fourth-order valence-corrected chi connectivity index (χ4v) is 0.663. The molecule has 0 N–H and O–H groups in total. The third kappa shape index (κ3) is 0.986. The van der Waals surface area contributed by atoms with Gasteiger partial charge in [-0.3, -0.25) is 0 Å². The summed E-state index contributed by atoms with van der Waals surface area (Å²) in [6.45, 7) is 0. The molecule has 0 nitrogen and oxygen atoms in total. The molecule has 0 spiro atoms. The summed E-state index contributed by atoms with van der Waals surface area (Å²) in [6, 6.07) is 0. The molecule has 7 heavy (non-hydrogen) atoms. The number of rotatable bonds is 1. The van der Waals surface area contributed by atoms with E-state index in [1.807, 2.05) is 18.2 Å². The highest BCUT2D eigenvalue weighted by atomic mass is 32.1. The standard InChI is InChI=1S/C6H6S/c7-5-6-3-1-2-4-6/h1-3,7H,5H2. The van der Waals surface area contributed by atoms with Crippen LogP contribution in [0.5, 0.6) is 0 Å². The van der Waals surface area contributed by atoms with Crippen molar-refractivity contribution in [3.05, 3.63) is 29.5 Å². The molecule has 0 aromatic rings. The molecule has 36 valence electrons. The van der Waals surface area contributed by atoms with E-state index in [1.54, 1.807) is 0 Å². The summed E-state index contributed by atoms with van der Waals surface area (Å²) in [5.74, 6) is 0.799. The number of hydrogen-bond donors (Lipinski definition) is 1. The van der Waals surface area contributed by atoms with Crippen molar-refractivity contribution < 1.29 is 0 Å². The van der Waals surface area contributed by atoms with Gasteiger partial charge in [0.15, 0.2) is 0 Å². The van der Waals surface area contributed by atoms with Crippen molar-refractivity contribution in [2.45, 2.75) is 0 Å². The van der Waals surface area contributed by atoms with Crippen molar-refractivity contribution in [2.75, 3.05) is 5.75 Å². The number of allylic oxidation sites excluding steroid dienone is 2. The molecule has 0 aliphatic heterocycles. The Morgan fingerprint density at radius 1 is 1.71 bits per heavy atom. The lowest BCUT2D eigenvalue weighted by atomic mass is 10.4. The molecule has 0 unspecified atom stereocenters. The van der Waals surface area contributed by atoms with Gasteiger partial charge in [0.2, 0.25) is 0 Å². The van der Waals surface area contributed by atoms with Gasteiger partial charge in [0, 0.05) is 11.3 Å². The van der Waals surface area contributed by atoms with E-state index in [0.717, 1.165) is 5.75 Å². The molecule has 0 bridgehead atoms. The van der Waals surface area contributed by atoms with Gasteiger partial charge in [-0.15, -0.1) is 5.73 Å². The van der Waals surface area contributed by atoms with E-state index in [1.165, 1.54) is 5.57 Å². The first-order valence-electron chi connectivity index (χ1n) is 2.16. The van der Waals surface area contributed by atoms with E-state index in [9.17, 15) is 0 Å². The molecule has 0 radical (unpaired) electrons. The van der Waals surface area contributed by atoms with Crippen molar-refractivity contribution in [3.63, 3.8) is 0 Å². The summed E-state index contributed by atoms with van der Waals surface area (Å²) < 4.78 is 0. The third-order valence-corrected chi connectivity index (χ3v) is 1.17. The molecule has 0 aromatic carbocycles. The minimum Gasteiger partial charge on any atom is -0.174 e. The molecule has 0 aromatic heterocycles. The van der Waals surface area contributed by atoms with E-state index >= 15 is 0 Å². The first-order chi connectivity index (χ1) is 3.43. The largest absolute Gasteiger partial charge is 0.174 e. The van der Waals surface area contributed by atoms with Gasteiger partial charge in [-0.1, -0.05) is 6.08 Å². The van der Waals surface area contributed by atoms with Crippen LogP contribution in [0.4, 0.5) is 0 Å². The maximum Gasteiger partial charge on any atom is 0.0227 e. The zero-order valence-electron chi connectivity index (χ0n) is 3.89. The quantitative estimate of drug-likeness (QED) is 0.384. The van der Waals surface area contributed by atoms with Crippen LogP contribution < -0.4 is 0 Å². The second kappa shape index (κ2) is 2.06. The SMILES string of the molecule is SCC1=C=CC=C1. The average molecular weight is 110 g/mol. The van der Waals surface area contributed by atoms with Crippen molar-refractivity contribution >= 4 is 12.6 Å². The smallest absolute Gasteiger partial charge is 0.0227 e. The van der Waals surface area contributed by atoms with Gasteiger partial charge < -0.3 is 0 Å². The molecule has 0 saturated carbocycles. The van der Waals surface area contributed by atoms with Crippen LogP contribution in [0.2, 0.25) is 0 Å². The Labute approximate surface area is 48.6 Å². The molecule has 0 heterocycles. The molecular formula is C6H6S. The summed E-state index contributed by atoms with van der Waals surface area (Å²) in [5, 5.41) is 0. The summed E-state index contributed by atoms with van der Waals surface area (Å²) in [4.78, 5) is 0. The van der Waals surface area contributed by atoms with Gasteiger partial charge in [-0.05, 0) is 12.2 Å². The van der Waals surface area contributed by atoms with Crippen LogP contribution in [-0.4, -0.2) is 5.75 Å². The Balaban J connectivity index is 2.72. The van der Waals surface area contributed by atoms with Crippen molar-refractivity contribution in [1.29, 1.82) is 0 Å². The second-order valence-electron chi connectivity index (χ2n) is 1.35. The van der Waals surface area contributed by atoms with Crippen LogP contribution in [0.25, 0.3) is 0 Å².